The summed E-state index contributed by atoms with van der Waals surface area (Å²) in [6.45, 7) is 3.63. The van der Waals surface area contributed by atoms with Gasteiger partial charge in [-0.2, -0.15) is 5.26 Å². The average molecular weight is 237 g/mol. The molecule has 5 heteroatoms. The van der Waals surface area contributed by atoms with E-state index >= 15 is 0 Å². The number of rotatable bonds is 0. The van der Waals surface area contributed by atoms with Crippen LogP contribution in [0.1, 0.15) is 16.7 Å². The van der Waals surface area contributed by atoms with Crippen molar-refractivity contribution >= 4 is 11.0 Å². The molecule has 0 radical (unpaired) electrons. The van der Waals surface area contributed by atoms with Crippen molar-refractivity contribution in [3.8, 4) is 11.8 Å². The molecule has 1 aromatic carbocycles. The van der Waals surface area contributed by atoms with Crippen molar-refractivity contribution in [2.45, 2.75) is 13.8 Å². The van der Waals surface area contributed by atoms with Crippen LogP contribution in [0, 0.1) is 25.2 Å². The number of fused-ring (bicyclic) bond motifs is 1. The van der Waals surface area contributed by atoms with Gasteiger partial charge in [-0.3, -0.25) is 0 Å². The minimum atomic E-state index is -0.867. The Hall–Kier alpha value is -1.28. The van der Waals surface area contributed by atoms with Gasteiger partial charge in [0.05, 0.1) is 0 Å². The van der Waals surface area contributed by atoms with Gasteiger partial charge in [0.1, 0.15) is 17.2 Å². The van der Waals surface area contributed by atoms with Crippen LogP contribution >= 0.6 is 0 Å². The standard InChI is InChI=1S/C12H9NO3.Na/c1-6-3-4-8-10(14)9(5-13)12(15)16-11(8)7(6)2;/h3-4,14H,1-2H3;/q;+1/p-1. The molecule has 0 N–H and O–H groups in total. The molecule has 17 heavy (non-hydrogen) atoms. The quantitative estimate of drug-likeness (QED) is 0.406. The molecule has 0 aliphatic rings. The summed E-state index contributed by atoms with van der Waals surface area (Å²) in [5.41, 5.74) is 0.620. The van der Waals surface area contributed by atoms with Crippen molar-refractivity contribution in [3.63, 3.8) is 0 Å². The van der Waals surface area contributed by atoms with Crippen molar-refractivity contribution in [1.82, 2.24) is 0 Å². The van der Waals surface area contributed by atoms with E-state index in [1.807, 2.05) is 6.92 Å². The van der Waals surface area contributed by atoms with Gasteiger partial charge in [-0.1, -0.05) is 17.9 Å². The fourth-order valence-corrected chi connectivity index (χ4v) is 1.57. The van der Waals surface area contributed by atoms with Crippen molar-refractivity contribution in [3.05, 3.63) is 39.2 Å². The Bertz CT molecular complexity index is 683. The molecule has 2 rings (SSSR count). The van der Waals surface area contributed by atoms with Gasteiger partial charge in [-0.05, 0) is 25.0 Å². The van der Waals surface area contributed by atoms with Crippen LogP contribution in [0.3, 0.4) is 0 Å². The molecule has 0 aliphatic carbocycles. The molecule has 1 heterocycles. The predicted molar refractivity (Wildman–Crippen MR) is 56.1 cm³/mol. The van der Waals surface area contributed by atoms with Gasteiger partial charge in [-0.15, -0.1) is 0 Å². The molecule has 4 nitrogen and oxygen atoms in total. The number of nitriles is 1. The van der Waals surface area contributed by atoms with Crippen LogP contribution in [0.15, 0.2) is 21.3 Å². The van der Waals surface area contributed by atoms with Crippen LogP contribution < -0.4 is 40.3 Å². The SMILES string of the molecule is Cc1ccc2c([O-])c(C#N)c(=O)oc2c1C.[Na+]. The van der Waals surface area contributed by atoms with Crippen molar-refractivity contribution in [2.24, 2.45) is 0 Å². The third kappa shape index (κ3) is 2.09. The number of benzene rings is 1. The summed E-state index contributed by atoms with van der Waals surface area (Å²) in [5, 5.41) is 20.7. The first-order chi connectivity index (χ1) is 7.56. The van der Waals surface area contributed by atoms with E-state index in [0.29, 0.717) is 0 Å². The predicted octanol–water partition coefficient (Wildman–Crippen LogP) is -1.64. The number of nitrogens with zero attached hydrogens (tertiary/aromatic N) is 1. The number of aryl methyl sites for hydroxylation is 2. The molecular formula is C12H8NNaO3. The fourth-order valence-electron chi connectivity index (χ4n) is 1.57. The van der Waals surface area contributed by atoms with E-state index in [0.717, 1.165) is 11.1 Å². The molecule has 0 spiro atoms. The summed E-state index contributed by atoms with van der Waals surface area (Å²) in [4.78, 5) is 11.4. The first-order valence-electron chi connectivity index (χ1n) is 4.70. The molecule has 0 fully saturated rings. The summed E-state index contributed by atoms with van der Waals surface area (Å²) in [6.07, 6.45) is 0. The molecule has 0 saturated carbocycles. The normalized spacial score (nSPS) is 9.71. The van der Waals surface area contributed by atoms with Crippen molar-refractivity contribution in [2.75, 3.05) is 0 Å². The van der Waals surface area contributed by atoms with Gasteiger partial charge in [0.25, 0.3) is 0 Å². The second-order valence-electron chi connectivity index (χ2n) is 3.59. The minimum absolute atomic E-state index is 0. The Balaban J connectivity index is 0.00000144. The van der Waals surface area contributed by atoms with E-state index < -0.39 is 16.9 Å². The van der Waals surface area contributed by atoms with Crippen molar-refractivity contribution < 1.29 is 39.1 Å². The fraction of sp³-hybridized carbons (Fsp3) is 0.167. The Labute approximate surface area is 120 Å². The van der Waals surface area contributed by atoms with Gasteiger partial charge < -0.3 is 9.52 Å². The minimum Gasteiger partial charge on any atom is -0.871 e. The van der Waals surface area contributed by atoms with E-state index in [1.54, 1.807) is 25.1 Å². The van der Waals surface area contributed by atoms with Crippen LogP contribution in [-0.2, 0) is 0 Å². The maximum atomic E-state index is 11.8. The first kappa shape index (κ1) is 13.8. The zero-order valence-corrected chi connectivity index (χ0v) is 11.8. The summed E-state index contributed by atoms with van der Waals surface area (Å²) in [6, 6.07) is 4.91. The summed E-state index contributed by atoms with van der Waals surface area (Å²) >= 11 is 0. The largest absolute Gasteiger partial charge is 1.00 e. The smallest absolute Gasteiger partial charge is 0.871 e. The topological polar surface area (TPSA) is 77.1 Å². The van der Waals surface area contributed by atoms with Gasteiger partial charge in [-0.25, -0.2) is 4.79 Å². The Morgan fingerprint density at radius 2 is 2.00 bits per heavy atom. The summed E-state index contributed by atoms with van der Waals surface area (Å²) < 4.78 is 5.00. The zero-order valence-electron chi connectivity index (χ0n) is 9.83. The molecule has 1 aromatic heterocycles. The van der Waals surface area contributed by atoms with Gasteiger partial charge in [0.15, 0.2) is 0 Å². The number of hydrogen-bond donors (Lipinski definition) is 0. The third-order valence-corrected chi connectivity index (χ3v) is 2.66. The van der Waals surface area contributed by atoms with E-state index in [1.165, 1.54) is 0 Å². The Kier molecular flexibility index (Phi) is 3.99. The molecule has 0 atom stereocenters. The first-order valence-corrected chi connectivity index (χ1v) is 4.70. The molecule has 2 aromatic rings. The van der Waals surface area contributed by atoms with E-state index in [-0.39, 0.29) is 40.5 Å². The van der Waals surface area contributed by atoms with Crippen molar-refractivity contribution in [1.29, 1.82) is 5.26 Å². The van der Waals surface area contributed by atoms with Gasteiger partial charge in [0, 0.05) is 5.39 Å². The molecular weight excluding hydrogens is 229 g/mol. The maximum Gasteiger partial charge on any atom is 1.00 e. The third-order valence-electron chi connectivity index (χ3n) is 2.66. The monoisotopic (exact) mass is 237 g/mol. The van der Waals surface area contributed by atoms with Crippen LogP contribution in [0.5, 0.6) is 5.75 Å². The second kappa shape index (κ2) is 4.92. The van der Waals surface area contributed by atoms with Crippen LogP contribution in [-0.4, -0.2) is 0 Å². The average Bonchev–Trinajstić information content (AvgIpc) is 2.25. The second-order valence-corrected chi connectivity index (χ2v) is 3.59. The Morgan fingerprint density at radius 1 is 1.35 bits per heavy atom. The molecule has 0 saturated heterocycles. The maximum absolute atomic E-state index is 11.8. The molecule has 0 amide bonds. The van der Waals surface area contributed by atoms with E-state index in [4.69, 9.17) is 9.68 Å². The van der Waals surface area contributed by atoms with Gasteiger partial charge >= 0.3 is 35.2 Å². The van der Waals surface area contributed by atoms with Gasteiger partial charge in [0.2, 0.25) is 0 Å². The molecule has 80 valence electrons. The Morgan fingerprint density at radius 3 is 2.59 bits per heavy atom. The summed E-state index contributed by atoms with van der Waals surface area (Å²) in [5.74, 6) is -0.558. The molecule has 0 aliphatic heterocycles. The number of hydrogen-bond acceptors (Lipinski definition) is 4. The van der Waals surface area contributed by atoms with E-state index in [9.17, 15) is 9.90 Å². The zero-order chi connectivity index (χ0) is 11.9. The van der Waals surface area contributed by atoms with Crippen LogP contribution in [0.4, 0.5) is 0 Å². The summed E-state index contributed by atoms with van der Waals surface area (Å²) in [7, 11) is 0. The van der Waals surface area contributed by atoms with Crippen LogP contribution in [0.25, 0.3) is 11.0 Å². The van der Waals surface area contributed by atoms with E-state index in [2.05, 4.69) is 0 Å². The molecule has 0 unspecified atom stereocenters. The van der Waals surface area contributed by atoms with Crippen LogP contribution in [0.2, 0.25) is 0 Å². The molecule has 0 bridgehead atoms.